The molecule has 0 bridgehead atoms. The first-order chi connectivity index (χ1) is 10.3. The van der Waals surface area contributed by atoms with Crippen molar-refractivity contribution in [3.63, 3.8) is 0 Å². The van der Waals surface area contributed by atoms with Gasteiger partial charge in [-0.3, -0.25) is 0 Å². The van der Waals surface area contributed by atoms with E-state index in [9.17, 15) is 13.2 Å². The number of ether oxygens (including phenoxy) is 1. The Bertz CT molecular complexity index is 647. The van der Waals surface area contributed by atoms with Gasteiger partial charge in [0.1, 0.15) is 5.56 Å². The zero-order valence-corrected chi connectivity index (χ0v) is 14.0. The molecule has 0 fully saturated rings. The maximum Gasteiger partial charge on any atom is 0.423 e. The lowest BCUT2D eigenvalue weighted by atomic mass is 10.3. The molecule has 0 spiro atoms. The highest BCUT2D eigenvalue weighted by atomic mass is 127. The van der Waals surface area contributed by atoms with Crippen LogP contribution >= 0.6 is 22.6 Å². The molecule has 2 rings (SSSR count). The van der Waals surface area contributed by atoms with Crippen LogP contribution in [0.15, 0.2) is 30.5 Å². The second-order valence-electron chi connectivity index (χ2n) is 4.36. The van der Waals surface area contributed by atoms with E-state index in [2.05, 4.69) is 32.6 Å². The molecule has 1 heterocycles. The Morgan fingerprint density at radius 2 is 1.86 bits per heavy atom. The lowest BCUT2D eigenvalue weighted by molar-refractivity contribution is -0.139. The van der Waals surface area contributed by atoms with Gasteiger partial charge in [-0.1, -0.05) is 0 Å². The van der Waals surface area contributed by atoms with Crippen molar-refractivity contribution in [2.24, 2.45) is 0 Å². The molecule has 0 amide bonds. The monoisotopic (exact) mass is 423 g/mol. The number of hydrogen-bond donors (Lipinski definition) is 0. The molecule has 0 saturated heterocycles. The molecule has 2 aromatic rings. The molecule has 0 unspecified atom stereocenters. The molecule has 0 radical (unpaired) electrons. The van der Waals surface area contributed by atoms with Crippen molar-refractivity contribution in [2.75, 3.05) is 18.6 Å². The fraction of sp³-hybridized carbons (Fsp3) is 0.286. The Balaban J connectivity index is 2.39. The van der Waals surface area contributed by atoms with Gasteiger partial charge in [-0.25, -0.2) is 4.98 Å². The van der Waals surface area contributed by atoms with Crippen LogP contribution in [-0.4, -0.2) is 23.6 Å². The first-order valence-corrected chi connectivity index (χ1v) is 7.47. The summed E-state index contributed by atoms with van der Waals surface area (Å²) in [6.45, 7) is 1.69. The second-order valence-corrected chi connectivity index (χ2v) is 5.60. The van der Waals surface area contributed by atoms with Gasteiger partial charge in [0.15, 0.2) is 0 Å². The Labute approximate surface area is 139 Å². The molecule has 22 heavy (non-hydrogen) atoms. The second kappa shape index (κ2) is 6.67. The maximum absolute atomic E-state index is 12.9. The van der Waals surface area contributed by atoms with E-state index in [1.54, 1.807) is 18.9 Å². The van der Waals surface area contributed by atoms with E-state index in [0.717, 1.165) is 15.5 Å². The highest BCUT2D eigenvalue weighted by Crippen LogP contribution is 2.36. The van der Waals surface area contributed by atoms with Crippen LogP contribution in [0.25, 0.3) is 0 Å². The third-order valence-corrected chi connectivity index (χ3v) is 3.56. The van der Waals surface area contributed by atoms with E-state index >= 15 is 0 Å². The molecule has 4 nitrogen and oxygen atoms in total. The van der Waals surface area contributed by atoms with Gasteiger partial charge >= 0.3 is 6.18 Å². The predicted octanol–water partition coefficient (Wildman–Crippen LogP) is 4.27. The van der Waals surface area contributed by atoms with E-state index in [1.807, 2.05) is 24.3 Å². The lowest BCUT2D eigenvalue weighted by Gasteiger charge is -2.19. The number of halogens is 4. The molecule has 1 aromatic heterocycles. The molecular weight excluding hydrogens is 410 g/mol. The number of anilines is 2. The van der Waals surface area contributed by atoms with Crippen molar-refractivity contribution in [1.82, 2.24) is 9.97 Å². The third kappa shape index (κ3) is 3.79. The minimum absolute atomic E-state index is 0.0901. The molecule has 1 aromatic carbocycles. The minimum atomic E-state index is -4.55. The van der Waals surface area contributed by atoms with Gasteiger partial charge in [0.25, 0.3) is 0 Å². The van der Waals surface area contributed by atoms with Crippen molar-refractivity contribution in [2.45, 2.75) is 13.1 Å². The maximum atomic E-state index is 12.9. The topological polar surface area (TPSA) is 38.2 Å². The average molecular weight is 423 g/mol. The number of benzene rings is 1. The van der Waals surface area contributed by atoms with E-state index in [-0.39, 0.29) is 12.6 Å². The first-order valence-electron chi connectivity index (χ1n) is 6.39. The SMILES string of the molecule is CCOc1nc(N(C)c2ccc(I)cc2)ncc1C(F)(F)F. The number of nitrogens with zero attached hydrogens (tertiary/aromatic N) is 3. The smallest absolute Gasteiger partial charge is 0.423 e. The summed E-state index contributed by atoms with van der Waals surface area (Å²) in [7, 11) is 1.68. The van der Waals surface area contributed by atoms with Crippen molar-refractivity contribution >= 4 is 34.2 Å². The predicted molar refractivity (Wildman–Crippen MR) is 85.4 cm³/mol. The fourth-order valence-corrected chi connectivity index (χ4v) is 2.10. The Hall–Kier alpha value is -1.58. The van der Waals surface area contributed by atoms with E-state index in [1.165, 1.54) is 0 Å². The summed E-state index contributed by atoms with van der Waals surface area (Å²) in [5.74, 6) is -0.324. The summed E-state index contributed by atoms with van der Waals surface area (Å²) in [6, 6.07) is 7.45. The quantitative estimate of drug-likeness (QED) is 0.689. The summed E-state index contributed by atoms with van der Waals surface area (Å²) in [5.41, 5.74) is -0.211. The molecule has 0 atom stereocenters. The van der Waals surface area contributed by atoms with Crippen LogP contribution < -0.4 is 9.64 Å². The van der Waals surface area contributed by atoms with Gasteiger partial charge in [0, 0.05) is 22.5 Å². The summed E-state index contributed by atoms with van der Waals surface area (Å²) < 4.78 is 44.8. The van der Waals surface area contributed by atoms with Crippen LogP contribution in [0.1, 0.15) is 12.5 Å². The van der Waals surface area contributed by atoms with Gasteiger partial charge < -0.3 is 9.64 Å². The summed E-state index contributed by atoms with van der Waals surface area (Å²) in [6.07, 6.45) is -3.80. The average Bonchev–Trinajstić information content (AvgIpc) is 2.46. The summed E-state index contributed by atoms with van der Waals surface area (Å²) >= 11 is 2.17. The number of hydrogen-bond acceptors (Lipinski definition) is 4. The fourth-order valence-electron chi connectivity index (χ4n) is 1.74. The van der Waals surface area contributed by atoms with Crippen molar-refractivity contribution in [3.05, 3.63) is 39.6 Å². The van der Waals surface area contributed by atoms with Gasteiger partial charge in [-0.2, -0.15) is 18.2 Å². The molecule has 118 valence electrons. The highest BCUT2D eigenvalue weighted by molar-refractivity contribution is 14.1. The van der Waals surface area contributed by atoms with Crippen molar-refractivity contribution < 1.29 is 17.9 Å². The molecule has 8 heteroatoms. The van der Waals surface area contributed by atoms with Crippen LogP contribution in [0.5, 0.6) is 5.88 Å². The Morgan fingerprint density at radius 3 is 2.41 bits per heavy atom. The normalized spacial score (nSPS) is 11.4. The largest absolute Gasteiger partial charge is 0.477 e. The highest BCUT2D eigenvalue weighted by Gasteiger charge is 2.36. The van der Waals surface area contributed by atoms with Gasteiger partial charge in [0.05, 0.1) is 6.61 Å². The zero-order valence-electron chi connectivity index (χ0n) is 11.9. The van der Waals surface area contributed by atoms with Crippen molar-refractivity contribution in [3.8, 4) is 5.88 Å². The number of alkyl halides is 3. The molecule has 0 N–H and O–H groups in total. The molecule has 0 saturated carbocycles. The first kappa shape index (κ1) is 16.8. The molecule has 0 aliphatic carbocycles. The van der Waals surface area contributed by atoms with Gasteiger partial charge in [0.2, 0.25) is 11.8 Å². The standard InChI is InChI=1S/C14H13F3IN3O/c1-3-22-12-11(14(15,16)17)8-19-13(20-12)21(2)10-6-4-9(18)5-7-10/h4-8H,3H2,1-2H3. The van der Waals surface area contributed by atoms with E-state index in [4.69, 9.17) is 4.74 Å². The number of aromatic nitrogens is 2. The molecular formula is C14H13F3IN3O. The zero-order chi connectivity index (χ0) is 16.3. The van der Waals surface area contributed by atoms with Crippen LogP contribution in [0.4, 0.5) is 24.8 Å². The van der Waals surface area contributed by atoms with Crippen LogP contribution in [0, 0.1) is 3.57 Å². The minimum Gasteiger partial charge on any atom is -0.477 e. The lowest BCUT2D eigenvalue weighted by Crippen LogP contribution is -2.17. The number of rotatable bonds is 4. The van der Waals surface area contributed by atoms with Crippen LogP contribution in [0.3, 0.4) is 0 Å². The summed E-state index contributed by atoms with van der Waals surface area (Å²) in [5, 5.41) is 0. The molecule has 0 aliphatic rings. The van der Waals surface area contributed by atoms with Crippen LogP contribution in [-0.2, 0) is 6.18 Å². The van der Waals surface area contributed by atoms with Gasteiger partial charge in [-0.15, -0.1) is 0 Å². The van der Waals surface area contributed by atoms with E-state index < -0.39 is 17.6 Å². The summed E-state index contributed by atoms with van der Waals surface area (Å²) in [4.78, 5) is 9.29. The van der Waals surface area contributed by atoms with Gasteiger partial charge in [-0.05, 0) is 53.8 Å². The van der Waals surface area contributed by atoms with Crippen molar-refractivity contribution in [1.29, 1.82) is 0 Å². The third-order valence-electron chi connectivity index (χ3n) is 2.84. The van der Waals surface area contributed by atoms with Crippen LogP contribution in [0.2, 0.25) is 0 Å². The Morgan fingerprint density at radius 1 is 1.23 bits per heavy atom. The van der Waals surface area contributed by atoms with E-state index in [0.29, 0.717) is 0 Å². The molecule has 0 aliphatic heterocycles. The Kier molecular flexibility index (Phi) is 5.09.